The molecule has 5 rings (SSSR count). The lowest BCUT2D eigenvalue weighted by Crippen LogP contribution is -2.34. The van der Waals surface area contributed by atoms with Gasteiger partial charge in [0.05, 0.1) is 16.8 Å². The number of nitrogens with zero attached hydrogens (tertiary/aromatic N) is 3. The number of benzene rings is 3. The van der Waals surface area contributed by atoms with Crippen molar-refractivity contribution in [1.82, 2.24) is 9.97 Å². The number of aryl methyl sites for hydroxylation is 2. The SMILES string of the molecule is Cc1cc2nc(N(Cc3cccnc3)C(=O)COc3ccc4ccccc4c3)sc2cc1C. The minimum absolute atomic E-state index is 0.0768. The lowest BCUT2D eigenvalue weighted by molar-refractivity contribution is -0.120. The molecule has 0 saturated carbocycles. The van der Waals surface area contributed by atoms with E-state index in [-0.39, 0.29) is 12.5 Å². The van der Waals surface area contributed by atoms with Crippen LogP contribution in [0.4, 0.5) is 5.13 Å². The molecule has 0 spiro atoms. The van der Waals surface area contributed by atoms with E-state index in [1.807, 2.05) is 48.5 Å². The standard InChI is InChI=1S/C27H23N3O2S/c1-18-12-24-25(13-19(18)2)33-27(29-24)30(16-20-6-5-11-28-15-20)26(31)17-32-23-10-9-21-7-3-4-8-22(21)14-23/h3-15H,16-17H2,1-2H3. The molecule has 164 valence electrons. The summed E-state index contributed by atoms with van der Waals surface area (Å²) < 4.78 is 6.96. The predicted octanol–water partition coefficient (Wildman–Crippen LogP) is 6.07. The first-order chi connectivity index (χ1) is 16.1. The Hall–Kier alpha value is -3.77. The summed E-state index contributed by atoms with van der Waals surface area (Å²) in [6, 6.07) is 22.0. The molecule has 0 radical (unpaired) electrons. The van der Waals surface area contributed by atoms with Gasteiger partial charge < -0.3 is 4.74 Å². The Morgan fingerprint density at radius 3 is 2.61 bits per heavy atom. The van der Waals surface area contributed by atoms with Gasteiger partial charge in [-0.25, -0.2) is 4.98 Å². The van der Waals surface area contributed by atoms with E-state index in [4.69, 9.17) is 9.72 Å². The van der Waals surface area contributed by atoms with Crippen molar-refractivity contribution >= 4 is 43.4 Å². The van der Waals surface area contributed by atoms with Gasteiger partial charge in [0.25, 0.3) is 5.91 Å². The molecule has 6 heteroatoms. The predicted molar refractivity (Wildman–Crippen MR) is 134 cm³/mol. The largest absolute Gasteiger partial charge is 0.484 e. The van der Waals surface area contributed by atoms with Gasteiger partial charge >= 0.3 is 0 Å². The number of hydrogen-bond donors (Lipinski definition) is 0. The van der Waals surface area contributed by atoms with Gasteiger partial charge in [0, 0.05) is 12.4 Å². The molecule has 0 unspecified atom stereocenters. The lowest BCUT2D eigenvalue weighted by Gasteiger charge is -2.20. The molecule has 0 fully saturated rings. The van der Waals surface area contributed by atoms with Gasteiger partial charge in [-0.2, -0.15) is 0 Å². The second kappa shape index (κ2) is 9.00. The summed E-state index contributed by atoms with van der Waals surface area (Å²) in [5.74, 6) is 0.512. The van der Waals surface area contributed by atoms with Crippen LogP contribution in [0.1, 0.15) is 16.7 Å². The average molecular weight is 454 g/mol. The van der Waals surface area contributed by atoms with Gasteiger partial charge in [-0.15, -0.1) is 0 Å². The van der Waals surface area contributed by atoms with Crippen LogP contribution in [-0.4, -0.2) is 22.5 Å². The van der Waals surface area contributed by atoms with Crippen molar-refractivity contribution in [2.24, 2.45) is 0 Å². The molecule has 0 aliphatic rings. The molecule has 0 saturated heterocycles. The van der Waals surface area contributed by atoms with Gasteiger partial charge in [0.15, 0.2) is 11.7 Å². The highest BCUT2D eigenvalue weighted by Crippen LogP contribution is 2.32. The van der Waals surface area contributed by atoms with Crippen LogP contribution >= 0.6 is 11.3 Å². The topological polar surface area (TPSA) is 55.3 Å². The number of hydrogen-bond acceptors (Lipinski definition) is 5. The summed E-state index contributed by atoms with van der Waals surface area (Å²) in [4.78, 5) is 24.0. The van der Waals surface area contributed by atoms with Gasteiger partial charge in [0.1, 0.15) is 5.75 Å². The summed E-state index contributed by atoms with van der Waals surface area (Å²) in [5.41, 5.74) is 4.23. The number of thiazole rings is 1. The molecular weight excluding hydrogens is 430 g/mol. The lowest BCUT2D eigenvalue weighted by atomic mass is 10.1. The summed E-state index contributed by atoms with van der Waals surface area (Å²) in [5, 5.41) is 2.87. The van der Waals surface area contributed by atoms with E-state index in [1.54, 1.807) is 17.3 Å². The highest BCUT2D eigenvalue weighted by atomic mass is 32.1. The smallest absolute Gasteiger partial charge is 0.267 e. The molecule has 3 aromatic carbocycles. The first-order valence-electron chi connectivity index (χ1n) is 10.8. The zero-order valence-electron chi connectivity index (χ0n) is 18.5. The zero-order chi connectivity index (χ0) is 22.8. The van der Waals surface area contributed by atoms with Crippen LogP contribution in [0.15, 0.2) is 79.1 Å². The second-order valence-corrected chi connectivity index (χ2v) is 9.05. The van der Waals surface area contributed by atoms with E-state index in [0.717, 1.165) is 26.6 Å². The molecule has 2 heterocycles. The normalized spacial score (nSPS) is 11.1. The number of rotatable bonds is 6. The van der Waals surface area contributed by atoms with E-state index < -0.39 is 0 Å². The monoisotopic (exact) mass is 453 g/mol. The third-order valence-corrected chi connectivity index (χ3v) is 6.71. The molecule has 1 amide bonds. The quantitative estimate of drug-likeness (QED) is 0.313. The average Bonchev–Trinajstić information content (AvgIpc) is 3.24. The van der Waals surface area contributed by atoms with Gasteiger partial charge in [-0.05, 0) is 71.6 Å². The summed E-state index contributed by atoms with van der Waals surface area (Å²) >= 11 is 1.52. The molecule has 0 atom stereocenters. The minimum atomic E-state index is -0.153. The number of carbonyl (C=O) groups excluding carboxylic acids is 1. The van der Waals surface area contributed by atoms with Crippen LogP contribution in [0.25, 0.3) is 21.0 Å². The number of ether oxygens (including phenoxy) is 1. The van der Waals surface area contributed by atoms with Crippen molar-refractivity contribution in [3.63, 3.8) is 0 Å². The number of carbonyl (C=O) groups is 1. The maximum Gasteiger partial charge on any atom is 0.267 e. The Bertz CT molecular complexity index is 1410. The molecule has 0 aliphatic carbocycles. The van der Waals surface area contributed by atoms with Crippen LogP contribution in [-0.2, 0) is 11.3 Å². The summed E-state index contributed by atoms with van der Waals surface area (Å²) in [6.45, 7) is 4.46. The first kappa shape index (κ1) is 21.1. The molecule has 5 nitrogen and oxygen atoms in total. The summed E-state index contributed by atoms with van der Waals surface area (Å²) in [6.07, 6.45) is 3.49. The number of amides is 1. The second-order valence-electron chi connectivity index (χ2n) is 8.04. The molecule has 33 heavy (non-hydrogen) atoms. The molecule has 0 aliphatic heterocycles. The third-order valence-electron chi connectivity index (χ3n) is 5.67. The van der Waals surface area contributed by atoms with Crippen molar-refractivity contribution < 1.29 is 9.53 Å². The van der Waals surface area contributed by atoms with Crippen molar-refractivity contribution in [3.8, 4) is 5.75 Å². The molecule has 0 N–H and O–H groups in total. The fourth-order valence-corrected chi connectivity index (χ4v) is 4.76. The van der Waals surface area contributed by atoms with E-state index >= 15 is 0 Å². The Balaban J connectivity index is 1.42. The van der Waals surface area contributed by atoms with Crippen molar-refractivity contribution in [2.45, 2.75) is 20.4 Å². The number of fused-ring (bicyclic) bond motifs is 2. The number of aromatic nitrogens is 2. The first-order valence-corrected chi connectivity index (χ1v) is 11.6. The summed E-state index contributed by atoms with van der Waals surface area (Å²) in [7, 11) is 0. The van der Waals surface area contributed by atoms with Crippen molar-refractivity contribution in [1.29, 1.82) is 0 Å². The minimum Gasteiger partial charge on any atom is -0.484 e. The molecular formula is C27H23N3O2S. The van der Waals surface area contributed by atoms with E-state index in [0.29, 0.717) is 17.4 Å². The van der Waals surface area contributed by atoms with Crippen LogP contribution in [0.2, 0.25) is 0 Å². The fraction of sp³-hybridized carbons (Fsp3) is 0.148. The Morgan fingerprint density at radius 1 is 0.970 bits per heavy atom. The molecule has 2 aromatic heterocycles. The van der Waals surface area contributed by atoms with Gasteiger partial charge in [-0.1, -0.05) is 47.7 Å². The van der Waals surface area contributed by atoms with Crippen LogP contribution in [0.5, 0.6) is 5.75 Å². The Kier molecular flexibility index (Phi) is 5.75. The van der Waals surface area contributed by atoms with Gasteiger partial charge in [0.2, 0.25) is 0 Å². The molecule has 5 aromatic rings. The van der Waals surface area contributed by atoms with Crippen LogP contribution in [0, 0.1) is 13.8 Å². The van der Waals surface area contributed by atoms with Crippen molar-refractivity contribution in [3.05, 3.63) is 95.8 Å². The van der Waals surface area contributed by atoms with Crippen LogP contribution < -0.4 is 9.64 Å². The Labute approximate surface area is 196 Å². The third kappa shape index (κ3) is 4.56. The number of pyridine rings is 1. The Morgan fingerprint density at radius 2 is 1.79 bits per heavy atom. The molecule has 0 bridgehead atoms. The highest BCUT2D eigenvalue weighted by molar-refractivity contribution is 7.22. The highest BCUT2D eigenvalue weighted by Gasteiger charge is 2.21. The maximum atomic E-state index is 13.3. The van der Waals surface area contributed by atoms with E-state index in [2.05, 4.69) is 37.0 Å². The fourth-order valence-electron chi connectivity index (χ4n) is 3.70. The number of anilines is 1. The van der Waals surface area contributed by atoms with Gasteiger partial charge in [-0.3, -0.25) is 14.7 Å². The maximum absolute atomic E-state index is 13.3. The van der Waals surface area contributed by atoms with Crippen LogP contribution in [0.3, 0.4) is 0 Å². The van der Waals surface area contributed by atoms with E-state index in [9.17, 15) is 4.79 Å². The zero-order valence-corrected chi connectivity index (χ0v) is 19.3. The van der Waals surface area contributed by atoms with E-state index in [1.165, 1.54) is 22.5 Å². The van der Waals surface area contributed by atoms with Crippen molar-refractivity contribution in [2.75, 3.05) is 11.5 Å².